The highest BCUT2D eigenvalue weighted by atomic mass is 32.2. The van der Waals surface area contributed by atoms with Gasteiger partial charge in [-0.2, -0.15) is 9.97 Å². The highest BCUT2D eigenvalue weighted by Gasteiger charge is 2.28. The second-order valence-electron chi connectivity index (χ2n) is 5.14. The number of anilines is 1. The minimum Gasteiger partial charge on any atom is -0.481 e. The van der Waals surface area contributed by atoms with Crippen molar-refractivity contribution in [3.8, 4) is 23.5 Å². The maximum atomic E-state index is 14.2. The van der Waals surface area contributed by atoms with Gasteiger partial charge in [-0.05, 0) is 19.1 Å². The number of rotatable bonds is 8. The van der Waals surface area contributed by atoms with Crippen molar-refractivity contribution in [2.75, 3.05) is 18.9 Å². The fourth-order valence-electron chi connectivity index (χ4n) is 1.81. The van der Waals surface area contributed by atoms with Gasteiger partial charge in [-0.25, -0.2) is 12.8 Å². The van der Waals surface area contributed by atoms with E-state index < -0.39 is 32.7 Å². The van der Waals surface area contributed by atoms with E-state index in [-0.39, 0.29) is 23.5 Å². The predicted octanol–water partition coefficient (Wildman–Crippen LogP) is 1.04. The molecule has 0 radical (unpaired) electrons. The van der Waals surface area contributed by atoms with E-state index in [2.05, 4.69) is 9.97 Å². The Bertz CT molecular complexity index is 931. The summed E-state index contributed by atoms with van der Waals surface area (Å²) in [6.07, 6.45) is 0. The van der Waals surface area contributed by atoms with Crippen LogP contribution in [0.4, 0.5) is 10.1 Å². The first-order valence-corrected chi connectivity index (χ1v) is 8.97. The number of carbonyl (C=O) groups is 1. The summed E-state index contributed by atoms with van der Waals surface area (Å²) in [4.78, 5) is 19.0. The number of nitrogens with two attached hydrogens (primary N) is 1. The van der Waals surface area contributed by atoms with Crippen LogP contribution in [0, 0.1) is 5.82 Å². The molecule has 0 aliphatic heterocycles. The second-order valence-corrected chi connectivity index (χ2v) is 7.14. The Kier molecular flexibility index (Phi) is 6.00. The first-order chi connectivity index (χ1) is 12.7. The van der Waals surface area contributed by atoms with Crippen LogP contribution in [-0.4, -0.2) is 43.8 Å². The monoisotopic (exact) mass is 400 g/mol. The number of primary amides is 1. The largest absolute Gasteiger partial charge is 0.481 e. The van der Waals surface area contributed by atoms with Crippen LogP contribution in [-0.2, 0) is 14.8 Å². The first-order valence-electron chi connectivity index (χ1n) is 7.42. The van der Waals surface area contributed by atoms with Gasteiger partial charge in [0.15, 0.2) is 16.8 Å². The van der Waals surface area contributed by atoms with Crippen LogP contribution in [0.1, 0.15) is 6.92 Å². The third-order valence-electron chi connectivity index (χ3n) is 3.36. The van der Waals surface area contributed by atoms with Crippen LogP contribution in [0.2, 0.25) is 0 Å². The number of halogens is 1. The Labute approximate surface area is 154 Å². The van der Waals surface area contributed by atoms with E-state index in [1.807, 2.05) is 4.72 Å². The van der Waals surface area contributed by atoms with Gasteiger partial charge in [0.25, 0.3) is 0 Å². The number of para-hydroxylation sites is 1. The lowest BCUT2D eigenvalue weighted by molar-refractivity contribution is -0.117. The summed E-state index contributed by atoms with van der Waals surface area (Å²) in [5.74, 6) is -2.06. The molecule has 0 aliphatic carbocycles. The zero-order chi connectivity index (χ0) is 20.2. The SMILES string of the molecule is COc1cc(OC)nc(Oc2cccc(F)c2NS(=O)(=O)C(C)C(N)=O)n1. The normalized spacial score (nSPS) is 12.1. The van der Waals surface area contributed by atoms with Crippen LogP contribution in [0.5, 0.6) is 23.5 Å². The Morgan fingerprint density at radius 1 is 1.22 bits per heavy atom. The average molecular weight is 400 g/mol. The molecule has 0 saturated heterocycles. The molecule has 0 saturated carbocycles. The average Bonchev–Trinajstić information content (AvgIpc) is 2.63. The Morgan fingerprint density at radius 3 is 2.33 bits per heavy atom. The summed E-state index contributed by atoms with van der Waals surface area (Å²) in [5, 5.41) is -1.60. The van der Waals surface area contributed by atoms with Crippen molar-refractivity contribution >= 4 is 21.6 Å². The molecule has 3 N–H and O–H groups in total. The summed E-state index contributed by atoms with van der Waals surface area (Å²) < 4.78 is 55.9. The van der Waals surface area contributed by atoms with Crippen molar-refractivity contribution in [3.05, 3.63) is 30.1 Å². The standard InChI is InChI=1S/C15H17FN4O6S/c1-8(14(17)21)27(22,23)20-13-9(16)5-4-6-10(13)26-15-18-11(24-2)7-12(19-15)25-3/h4-8,20H,1-3H3,(H2,17,21). The Balaban J connectivity index is 2.43. The van der Waals surface area contributed by atoms with Crippen LogP contribution in [0.25, 0.3) is 0 Å². The number of hydrogen-bond donors (Lipinski definition) is 2. The van der Waals surface area contributed by atoms with Gasteiger partial charge >= 0.3 is 6.01 Å². The van der Waals surface area contributed by atoms with Gasteiger partial charge < -0.3 is 19.9 Å². The van der Waals surface area contributed by atoms with Crippen molar-refractivity contribution in [3.63, 3.8) is 0 Å². The summed E-state index contributed by atoms with van der Waals surface area (Å²) >= 11 is 0. The number of methoxy groups -OCH3 is 2. The topological polar surface area (TPSA) is 143 Å². The number of nitrogens with one attached hydrogen (secondary N) is 1. The highest BCUT2D eigenvalue weighted by Crippen LogP contribution is 2.33. The number of aromatic nitrogens is 2. The molecule has 10 nitrogen and oxygen atoms in total. The molecule has 1 aromatic heterocycles. The fourth-order valence-corrected chi connectivity index (χ4v) is 2.77. The van der Waals surface area contributed by atoms with E-state index in [0.717, 1.165) is 13.0 Å². The summed E-state index contributed by atoms with van der Waals surface area (Å²) in [7, 11) is -1.59. The number of carbonyl (C=O) groups excluding carboxylic acids is 1. The number of amides is 1. The zero-order valence-corrected chi connectivity index (χ0v) is 15.4. The van der Waals surface area contributed by atoms with Gasteiger partial charge in [0.2, 0.25) is 27.7 Å². The summed E-state index contributed by atoms with van der Waals surface area (Å²) in [6, 6.07) is 4.69. The maximum Gasteiger partial charge on any atom is 0.328 e. The van der Waals surface area contributed by atoms with Crippen LogP contribution >= 0.6 is 0 Å². The van der Waals surface area contributed by atoms with Crippen LogP contribution < -0.4 is 24.7 Å². The van der Waals surface area contributed by atoms with Gasteiger partial charge in [0.05, 0.1) is 20.3 Å². The molecule has 27 heavy (non-hydrogen) atoms. The predicted molar refractivity (Wildman–Crippen MR) is 92.8 cm³/mol. The van der Waals surface area contributed by atoms with E-state index in [1.54, 1.807) is 0 Å². The molecule has 1 heterocycles. The van der Waals surface area contributed by atoms with Crippen molar-refractivity contribution < 1.29 is 31.8 Å². The Morgan fingerprint density at radius 2 is 1.81 bits per heavy atom. The second kappa shape index (κ2) is 8.03. The molecule has 0 aliphatic rings. The molecule has 1 unspecified atom stereocenters. The quantitative estimate of drug-likeness (QED) is 0.669. The lowest BCUT2D eigenvalue weighted by Crippen LogP contribution is -2.37. The molecule has 12 heteroatoms. The first kappa shape index (κ1) is 20.2. The number of benzene rings is 1. The molecule has 1 atom stereocenters. The van der Waals surface area contributed by atoms with E-state index in [1.165, 1.54) is 32.4 Å². The maximum absolute atomic E-state index is 14.2. The molecule has 1 aromatic carbocycles. The number of nitrogens with zero attached hydrogens (tertiary/aromatic N) is 2. The molecular weight excluding hydrogens is 383 g/mol. The Hall–Kier alpha value is -3.15. The highest BCUT2D eigenvalue weighted by molar-refractivity contribution is 7.94. The minimum absolute atomic E-state index is 0.109. The van der Waals surface area contributed by atoms with Crippen molar-refractivity contribution in [1.29, 1.82) is 0 Å². The molecule has 0 bridgehead atoms. The molecule has 146 valence electrons. The zero-order valence-electron chi connectivity index (χ0n) is 14.6. The fraction of sp³-hybridized carbons (Fsp3) is 0.267. The van der Waals surface area contributed by atoms with E-state index in [0.29, 0.717) is 0 Å². The molecule has 2 aromatic rings. The number of sulfonamides is 1. The third kappa shape index (κ3) is 4.73. The van der Waals surface area contributed by atoms with E-state index >= 15 is 0 Å². The number of ether oxygens (including phenoxy) is 3. The molecule has 1 amide bonds. The van der Waals surface area contributed by atoms with Crippen molar-refractivity contribution in [2.24, 2.45) is 5.73 Å². The smallest absolute Gasteiger partial charge is 0.328 e. The molecule has 2 rings (SSSR count). The lowest BCUT2D eigenvalue weighted by Gasteiger charge is -2.16. The van der Waals surface area contributed by atoms with E-state index in [9.17, 15) is 17.6 Å². The molecule has 0 spiro atoms. The molecular formula is C15H17FN4O6S. The third-order valence-corrected chi connectivity index (χ3v) is 5.02. The van der Waals surface area contributed by atoms with Crippen LogP contribution in [0.3, 0.4) is 0 Å². The van der Waals surface area contributed by atoms with Crippen LogP contribution in [0.15, 0.2) is 24.3 Å². The summed E-state index contributed by atoms with van der Waals surface area (Å²) in [6.45, 7) is 1.07. The van der Waals surface area contributed by atoms with Gasteiger partial charge in [-0.3, -0.25) is 9.52 Å². The van der Waals surface area contributed by atoms with Gasteiger partial charge in [0, 0.05) is 0 Å². The van der Waals surface area contributed by atoms with Gasteiger partial charge in [-0.1, -0.05) is 6.07 Å². The van der Waals surface area contributed by atoms with Gasteiger partial charge in [0.1, 0.15) is 5.69 Å². The molecule has 0 fully saturated rings. The summed E-state index contributed by atoms with van der Waals surface area (Å²) in [5.41, 5.74) is 4.48. The number of hydrogen-bond acceptors (Lipinski definition) is 8. The van der Waals surface area contributed by atoms with Gasteiger partial charge in [-0.15, -0.1) is 0 Å². The van der Waals surface area contributed by atoms with E-state index in [4.69, 9.17) is 19.9 Å². The lowest BCUT2D eigenvalue weighted by atomic mass is 10.3. The van der Waals surface area contributed by atoms with Crippen molar-refractivity contribution in [2.45, 2.75) is 12.2 Å². The van der Waals surface area contributed by atoms with Crippen molar-refractivity contribution in [1.82, 2.24) is 9.97 Å². The minimum atomic E-state index is -4.31.